The zero-order chi connectivity index (χ0) is 24.9. The first-order chi connectivity index (χ1) is 17.5. The van der Waals surface area contributed by atoms with Gasteiger partial charge in [0.2, 0.25) is 5.89 Å². The van der Waals surface area contributed by atoms with Gasteiger partial charge in [-0.1, -0.05) is 42.0 Å². The molecule has 0 aliphatic rings. The number of benzene rings is 2. The van der Waals surface area contributed by atoms with Crippen LogP contribution in [-0.2, 0) is 26.1 Å². The topological polar surface area (TPSA) is 87.3 Å². The summed E-state index contributed by atoms with van der Waals surface area (Å²) in [6, 6.07) is 18.5. The van der Waals surface area contributed by atoms with E-state index in [0.717, 1.165) is 25.0 Å². The molecule has 2 aromatic carbocycles. The molecule has 0 radical (unpaired) electrons. The third kappa shape index (κ3) is 5.58. The van der Waals surface area contributed by atoms with E-state index in [1.54, 1.807) is 12.3 Å². The van der Waals surface area contributed by atoms with Crippen LogP contribution < -0.4 is 5.32 Å². The van der Waals surface area contributed by atoms with Gasteiger partial charge in [0, 0.05) is 30.2 Å². The van der Waals surface area contributed by atoms with E-state index in [1.807, 2.05) is 12.1 Å². The Morgan fingerprint density at radius 2 is 1.92 bits per heavy atom. The molecule has 2 N–H and O–H groups in total. The molecule has 0 bridgehead atoms. The number of fused-ring (bicyclic) bond motifs is 1. The lowest BCUT2D eigenvalue weighted by atomic mass is 10.0. The van der Waals surface area contributed by atoms with Gasteiger partial charge in [-0.3, -0.25) is 9.69 Å². The van der Waals surface area contributed by atoms with Gasteiger partial charge in [0.1, 0.15) is 12.0 Å². The Kier molecular flexibility index (Phi) is 7.00. The maximum absolute atomic E-state index is 12.5. The van der Waals surface area contributed by atoms with Crippen molar-refractivity contribution >= 4 is 16.8 Å². The molecule has 0 fully saturated rings. The van der Waals surface area contributed by atoms with Crippen molar-refractivity contribution in [3.63, 3.8) is 0 Å². The zero-order valence-corrected chi connectivity index (χ0v) is 20.6. The molecule has 3 aromatic heterocycles. The maximum atomic E-state index is 12.5. The van der Waals surface area contributed by atoms with E-state index >= 15 is 0 Å². The highest BCUT2D eigenvalue weighted by atomic mass is 16.3. The van der Waals surface area contributed by atoms with Crippen molar-refractivity contribution in [3.05, 3.63) is 113 Å². The molecule has 184 valence electrons. The van der Waals surface area contributed by atoms with Gasteiger partial charge in [-0.15, -0.1) is 0 Å². The normalized spacial score (nSPS) is 11.4. The molecule has 1 amide bonds. The number of carbonyl (C=O) groups is 1. The minimum Gasteiger partial charge on any atom is -0.467 e. The van der Waals surface area contributed by atoms with Gasteiger partial charge in [-0.25, -0.2) is 4.98 Å². The largest absolute Gasteiger partial charge is 0.467 e. The Hall–Kier alpha value is -4.10. The lowest BCUT2D eigenvalue weighted by Crippen LogP contribution is -2.26. The highest BCUT2D eigenvalue weighted by Crippen LogP contribution is 2.20. The Bertz CT molecular complexity index is 1450. The van der Waals surface area contributed by atoms with Gasteiger partial charge in [0.25, 0.3) is 5.91 Å². The van der Waals surface area contributed by atoms with Crippen molar-refractivity contribution in [2.24, 2.45) is 0 Å². The number of hydrogen-bond donors (Lipinski definition) is 2. The molecular weight excluding hydrogens is 452 g/mol. The van der Waals surface area contributed by atoms with Crippen molar-refractivity contribution in [2.75, 3.05) is 6.54 Å². The summed E-state index contributed by atoms with van der Waals surface area (Å²) in [7, 11) is 0. The molecule has 0 saturated heterocycles. The first-order valence-electron chi connectivity index (χ1n) is 12.1. The molecular formula is C29H30N4O3. The van der Waals surface area contributed by atoms with Gasteiger partial charge in [-0.05, 0) is 55.2 Å². The number of furan rings is 1. The smallest absolute Gasteiger partial charge is 0.273 e. The van der Waals surface area contributed by atoms with Gasteiger partial charge >= 0.3 is 0 Å². The van der Waals surface area contributed by atoms with Crippen LogP contribution in [0.25, 0.3) is 10.9 Å². The predicted molar refractivity (Wildman–Crippen MR) is 138 cm³/mol. The van der Waals surface area contributed by atoms with Crippen molar-refractivity contribution in [1.29, 1.82) is 0 Å². The second-order valence-corrected chi connectivity index (χ2v) is 9.14. The van der Waals surface area contributed by atoms with Gasteiger partial charge in [-0.2, -0.15) is 0 Å². The molecule has 7 nitrogen and oxygen atoms in total. The van der Waals surface area contributed by atoms with Crippen LogP contribution in [0.5, 0.6) is 0 Å². The van der Waals surface area contributed by atoms with E-state index in [-0.39, 0.29) is 11.6 Å². The quantitative estimate of drug-likeness (QED) is 0.273. The fraction of sp³-hybridized carbons (Fsp3) is 0.241. The number of H-pyrrole nitrogens is 1. The second-order valence-electron chi connectivity index (χ2n) is 9.14. The summed E-state index contributed by atoms with van der Waals surface area (Å²) in [6.45, 7) is 6.63. The number of oxazole rings is 1. The van der Waals surface area contributed by atoms with E-state index in [4.69, 9.17) is 8.83 Å². The van der Waals surface area contributed by atoms with Crippen LogP contribution in [0, 0.1) is 13.8 Å². The summed E-state index contributed by atoms with van der Waals surface area (Å²) in [6.07, 6.45) is 5.97. The van der Waals surface area contributed by atoms with Crippen molar-refractivity contribution < 1.29 is 13.6 Å². The highest BCUT2D eigenvalue weighted by Gasteiger charge is 2.17. The van der Waals surface area contributed by atoms with Gasteiger partial charge in [0.05, 0.1) is 19.4 Å². The maximum Gasteiger partial charge on any atom is 0.273 e. The summed E-state index contributed by atoms with van der Waals surface area (Å²) in [4.78, 5) is 22.7. The Morgan fingerprint density at radius 1 is 1.03 bits per heavy atom. The standard InChI is InChI=1S/C29H30N4O3/c1-20-9-10-21(2)23(14-20)17-33(12-11-22-15-30-26-8-4-3-7-25(22)26)18-28-32-27(19-36-28)29(34)31-16-24-6-5-13-35-24/h3-10,13-15,19,30H,11-12,16-18H2,1-2H3,(H,31,34). The molecule has 7 heteroatoms. The number of carbonyl (C=O) groups excluding carboxylic acids is 1. The van der Waals surface area contributed by atoms with Crippen LogP contribution in [0.4, 0.5) is 0 Å². The summed E-state index contributed by atoms with van der Waals surface area (Å²) in [5.41, 5.74) is 6.45. The fourth-order valence-corrected chi connectivity index (χ4v) is 4.39. The van der Waals surface area contributed by atoms with Crippen LogP contribution in [0.2, 0.25) is 0 Å². The van der Waals surface area contributed by atoms with Crippen LogP contribution in [0.15, 0.2) is 82.2 Å². The van der Waals surface area contributed by atoms with Gasteiger partial charge < -0.3 is 19.1 Å². The Labute approximate surface area is 210 Å². The molecule has 0 atom stereocenters. The molecule has 0 saturated carbocycles. The number of rotatable bonds is 10. The first kappa shape index (κ1) is 23.6. The number of nitrogens with zero attached hydrogens (tertiary/aromatic N) is 2. The van der Waals surface area contributed by atoms with Crippen molar-refractivity contribution in [3.8, 4) is 0 Å². The van der Waals surface area contributed by atoms with E-state index in [2.05, 4.69) is 76.6 Å². The Balaban J connectivity index is 1.30. The first-order valence-corrected chi connectivity index (χ1v) is 12.1. The number of nitrogens with one attached hydrogen (secondary N) is 2. The van der Waals surface area contributed by atoms with Crippen molar-refractivity contribution in [2.45, 2.75) is 39.9 Å². The molecule has 36 heavy (non-hydrogen) atoms. The number of hydrogen-bond acceptors (Lipinski definition) is 5. The van der Waals surface area contributed by atoms with Crippen molar-refractivity contribution in [1.82, 2.24) is 20.2 Å². The van der Waals surface area contributed by atoms with E-state index in [1.165, 1.54) is 33.9 Å². The van der Waals surface area contributed by atoms with Crippen LogP contribution in [0.3, 0.4) is 0 Å². The fourth-order valence-electron chi connectivity index (χ4n) is 4.39. The molecule has 0 spiro atoms. The lowest BCUT2D eigenvalue weighted by Gasteiger charge is -2.22. The third-order valence-electron chi connectivity index (χ3n) is 6.42. The van der Waals surface area contributed by atoms with Gasteiger partial charge in [0.15, 0.2) is 5.69 Å². The van der Waals surface area contributed by atoms with E-state index in [9.17, 15) is 4.79 Å². The summed E-state index contributed by atoms with van der Waals surface area (Å²) >= 11 is 0. The number of aryl methyl sites for hydroxylation is 2. The second kappa shape index (κ2) is 10.7. The molecule has 0 aliphatic carbocycles. The van der Waals surface area contributed by atoms with Crippen LogP contribution >= 0.6 is 0 Å². The SMILES string of the molecule is Cc1ccc(C)c(CN(CCc2c[nH]c3ccccc23)Cc2nc(C(=O)NCc3ccco3)co2)c1. The molecule has 5 aromatic rings. The number of aromatic amines is 1. The number of amides is 1. The summed E-state index contributed by atoms with van der Waals surface area (Å²) in [5, 5.41) is 4.06. The highest BCUT2D eigenvalue weighted by molar-refractivity contribution is 5.91. The minimum atomic E-state index is -0.290. The number of aromatic nitrogens is 2. The average molecular weight is 483 g/mol. The Morgan fingerprint density at radius 3 is 2.78 bits per heavy atom. The average Bonchev–Trinajstić information content (AvgIpc) is 3.65. The summed E-state index contributed by atoms with van der Waals surface area (Å²) in [5.74, 6) is 0.910. The lowest BCUT2D eigenvalue weighted by molar-refractivity contribution is 0.0943. The molecule has 5 rings (SSSR count). The van der Waals surface area contributed by atoms with E-state index < -0.39 is 0 Å². The van der Waals surface area contributed by atoms with Crippen LogP contribution in [0.1, 0.15) is 44.4 Å². The van der Waals surface area contributed by atoms with Crippen LogP contribution in [-0.4, -0.2) is 27.3 Å². The molecule has 0 aliphatic heterocycles. The molecule has 3 heterocycles. The predicted octanol–water partition coefficient (Wildman–Crippen LogP) is 5.54. The monoisotopic (exact) mass is 482 g/mol. The summed E-state index contributed by atoms with van der Waals surface area (Å²) < 4.78 is 11.0. The zero-order valence-electron chi connectivity index (χ0n) is 20.6. The molecule has 0 unspecified atom stereocenters. The number of para-hydroxylation sites is 1. The van der Waals surface area contributed by atoms with E-state index in [0.29, 0.717) is 24.7 Å². The third-order valence-corrected chi connectivity index (χ3v) is 6.42. The minimum absolute atomic E-state index is 0.264.